The Labute approximate surface area is 147 Å². The first-order chi connectivity index (χ1) is 11.3. The molecule has 1 nitrogen and oxygen atoms in total. The van der Waals surface area contributed by atoms with Crippen LogP contribution in [0.15, 0.2) is 12.3 Å². The van der Waals surface area contributed by atoms with E-state index in [9.17, 15) is 0 Å². The Morgan fingerprint density at radius 3 is 1.22 bits per heavy atom. The Balaban J connectivity index is 3.00. The van der Waals surface area contributed by atoms with Crippen molar-refractivity contribution >= 4 is 0 Å². The van der Waals surface area contributed by atoms with Gasteiger partial charge in [0.15, 0.2) is 0 Å². The van der Waals surface area contributed by atoms with E-state index in [1.54, 1.807) is 0 Å². The highest BCUT2D eigenvalue weighted by Crippen LogP contribution is 2.14. The number of nitrogens with zero attached hydrogens (tertiary/aromatic N) is 1. The topological polar surface area (TPSA) is 3.24 Å². The predicted molar refractivity (Wildman–Crippen MR) is 107 cm³/mol. The Bertz CT molecular complexity index is 232. The first kappa shape index (κ1) is 22.5. The van der Waals surface area contributed by atoms with Crippen LogP contribution in [0.25, 0.3) is 0 Å². The Morgan fingerprint density at radius 2 is 0.870 bits per heavy atom. The van der Waals surface area contributed by atoms with Gasteiger partial charge >= 0.3 is 0 Å². The summed E-state index contributed by atoms with van der Waals surface area (Å²) < 4.78 is 0. The van der Waals surface area contributed by atoms with Gasteiger partial charge in [-0.25, -0.2) is 0 Å². The largest absolute Gasteiger partial charge is 0.384 e. The van der Waals surface area contributed by atoms with E-state index in [-0.39, 0.29) is 0 Å². The number of hydrogen-bond donors (Lipinski definition) is 0. The van der Waals surface area contributed by atoms with Crippen LogP contribution in [-0.2, 0) is 0 Å². The van der Waals surface area contributed by atoms with Gasteiger partial charge in [-0.2, -0.15) is 0 Å². The Kier molecular flexibility index (Phi) is 19.2. The quantitative estimate of drug-likeness (QED) is 0.233. The SMILES string of the molecule is CCCCCCCCCCCCCCCCCC/C=C/N(C)C. The zero-order valence-corrected chi connectivity index (χ0v) is 16.6. The van der Waals surface area contributed by atoms with Crippen LogP contribution in [0.4, 0.5) is 0 Å². The lowest BCUT2D eigenvalue weighted by molar-refractivity contribution is 0.529. The van der Waals surface area contributed by atoms with Crippen LogP contribution in [-0.4, -0.2) is 19.0 Å². The van der Waals surface area contributed by atoms with Crippen LogP contribution in [0.3, 0.4) is 0 Å². The molecule has 0 atom stereocenters. The third kappa shape index (κ3) is 21.5. The normalized spacial score (nSPS) is 11.4. The highest BCUT2D eigenvalue weighted by molar-refractivity contribution is 4.78. The molecular formula is C22H45N. The minimum Gasteiger partial charge on any atom is -0.384 e. The molecule has 0 saturated carbocycles. The fraction of sp³-hybridized carbons (Fsp3) is 0.909. The number of hydrogen-bond acceptors (Lipinski definition) is 1. The van der Waals surface area contributed by atoms with E-state index in [4.69, 9.17) is 0 Å². The second-order valence-electron chi connectivity index (χ2n) is 7.44. The molecule has 0 saturated heterocycles. The summed E-state index contributed by atoms with van der Waals surface area (Å²) in [6.07, 6.45) is 28.9. The van der Waals surface area contributed by atoms with Crippen molar-refractivity contribution in [3.63, 3.8) is 0 Å². The lowest BCUT2D eigenvalue weighted by Crippen LogP contribution is -1.99. The molecule has 0 aromatic rings. The molecule has 0 N–H and O–H groups in total. The Hall–Kier alpha value is -0.460. The number of unbranched alkanes of at least 4 members (excludes halogenated alkanes) is 16. The summed E-state index contributed by atoms with van der Waals surface area (Å²) in [6.45, 7) is 2.30. The molecule has 0 amide bonds. The summed E-state index contributed by atoms with van der Waals surface area (Å²) in [5.74, 6) is 0. The van der Waals surface area contributed by atoms with Gasteiger partial charge in [0.2, 0.25) is 0 Å². The van der Waals surface area contributed by atoms with Crippen LogP contribution in [0.1, 0.15) is 116 Å². The molecule has 0 aromatic heterocycles. The lowest BCUT2D eigenvalue weighted by atomic mass is 10.0. The van der Waals surface area contributed by atoms with E-state index in [2.05, 4.69) is 38.2 Å². The molecule has 0 aliphatic heterocycles. The molecule has 0 spiro atoms. The molecule has 0 aliphatic carbocycles. The molecule has 138 valence electrons. The predicted octanol–water partition coefficient (Wildman–Crippen LogP) is 7.71. The average Bonchev–Trinajstić information content (AvgIpc) is 2.53. The van der Waals surface area contributed by atoms with Crippen LogP contribution in [0.5, 0.6) is 0 Å². The summed E-state index contributed by atoms with van der Waals surface area (Å²) in [5.41, 5.74) is 0. The van der Waals surface area contributed by atoms with Gasteiger partial charge in [-0.1, -0.05) is 109 Å². The standard InChI is InChI=1S/C22H45N/c1-4-5-6-7-8-9-10-11-12-13-14-15-16-17-18-19-20-21-22-23(2)3/h21-22H,4-20H2,1-3H3/b22-21+. The van der Waals surface area contributed by atoms with Gasteiger partial charge in [-0.15, -0.1) is 0 Å². The lowest BCUT2D eigenvalue weighted by Gasteiger charge is -2.04. The van der Waals surface area contributed by atoms with Crippen molar-refractivity contribution in [2.75, 3.05) is 14.1 Å². The second-order valence-corrected chi connectivity index (χ2v) is 7.44. The molecule has 0 rings (SSSR count). The molecule has 0 aliphatic rings. The summed E-state index contributed by atoms with van der Waals surface area (Å²) in [7, 11) is 4.17. The molecule has 1 heteroatoms. The summed E-state index contributed by atoms with van der Waals surface area (Å²) in [5, 5.41) is 0. The van der Waals surface area contributed by atoms with Crippen LogP contribution in [0, 0.1) is 0 Å². The third-order valence-electron chi connectivity index (χ3n) is 4.63. The number of rotatable bonds is 18. The molecule has 0 radical (unpaired) electrons. The highest BCUT2D eigenvalue weighted by Gasteiger charge is 1.94. The minimum atomic E-state index is 1.25. The summed E-state index contributed by atoms with van der Waals surface area (Å²) >= 11 is 0. The average molecular weight is 324 g/mol. The van der Waals surface area contributed by atoms with E-state index in [0.717, 1.165) is 0 Å². The second kappa shape index (κ2) is 19.6. The van der Waals surface area contributed by atoms with Crippen molar-refractivity contribution in [2.45, 2.75) is 116 Å². The smallest absolute Gasteiger partial charge is 0.00555 e. The van der Waals surface area contributed by atoms with Crippen LogP contribution in [0.2, 0.25) is 0 Å². The highest BCUT2D eigenvalue weighted by atomic mass is 15.0. The first-order valence-corrected chi connectivity index (χ1v) is 10.6. The van der Waals surface area contributed by atoms with Gasteiger partial charge in [0.05, 0.1) is 0 Å². The van der Waals surface area contributed by atoms with E-state index >= 15 is 0 Å². The van der Waals surface area contributed by atoms with Crippen LogP contribution >= 0.6 is 0 Å². The van der Waals surface area contributed by atoms with Crippen molar-refractivity contribution in [3.05, 3.63) is 12.3 Å². The molecule has 23 heavy (non-hydrogen) atoms. The Morgan fingerprint density at radius 1 is 0.522 bits per heavy atom. The maximum absolute atomic E-state index is 2.30. The van der Waals surface area contributed by atoms with Gasteiger partial charge in [0.1, 0.15) is 0 Å². The van der Waals surface area contributed by atoms with Gasteiger partial charge in [-0.3, -0.25) is 0 Å². The van der Waals surface area contributed by atoms with Crippen molar-refractivity contribution in [3.8, 4) is 0 Å². The van der Waals surface area contributed by atoms with Gasteiger partial charge in [0.25, 0.3) is 0 Å². The van der Waals surface area contributed by atoms with E-state index in [1.807, 2.05) is 0 Å². The summed E-state index contributed by atoms with van der Waals surface area (Å²) in [6, 6.07) is 0. The summed E-state index contributed by atoms with van der Waals surface area (Å²) in [4.78, 5) is 2.12. The molecule has 0 bridgehead atoms. The van der Waals surface area contributed by atoms with E-state index < -0.39 is 0 Å². The van der Waals surface area contributed by atoms with Gasteiger partial charge in [-0.05, 0) is 19.0 Å². The monoisotopic (exact) mass is 323 g/mol. The van der Waals surface area contributed by atoms with Crippen molar-refractivity contribution in [1.29, 1.82) is 0 Å². The molecule has 0 unspecified atom stereocenters. The van der Waals surface area contributed by atoms with Crippen molar-refractivity contribution < 1.29 is 0 Å². The van der Waals surface area contributed by atoms with Crippen molar-refractivity contribution in [1.82, 2.24) is 4.90 Å². The van der Waals surface area contributed by atoms with E-state index in [0.29, 0.717) is 0 Å². The maximum atomic E-state index is 2.30. The third-order valence-corrected chi connectivity index (χ3v) is 4.63. The fourth-order valence-electron chi connectivity index (χ4n) is 3.10. The van der Waals surface area contributed by atoms with Gasteiger partial charge < -0.3 is 4.90 Å². The molecule has 0 aromatic carbocycles. The number of allylic oxidation sites excluding steroid dienone is 1. The zero-order chi connectivity index (χ0) is 17.0. The zero-order valence-electron chi connectivity index (χ0n) is 16.6. The fourth-order valence-corrected chi connectivity index (χ4v) is 3.10. The molecule has 0 fully saturated rings. The maximum Gasteiger partial charge on any atom is 0.00555 e. The van der Waals surface area contributed by atoms with E-state index in [1.165, 1.54) is 109 Å². The molecule has 0 heterocycles. The van der Waals surface area contributed by atoms with Crippen molar-refractivity contribution in [2.24, 2.45) is 0 Å². The minimum absolute atomic E-state index is 1.25. The molecular weight excluding hydrogens is 278 g/mol. The van der Waals surface area contributed by atoms with Gasteiger partial charge in [0, 0.05) is 14.1 Å². The van der Waals surface area contributed by atoms with Crippen LogP contribution < -0.4 is 0 Å². The first-order valence-electron chi connectivity index (χ1n) is 10.6.